The maximum atomic E-state index is 14.5. The second kappa shape index (κ2) is 9.17. The first-order valence-corrected chi connectivity index (χ1v) is 10.9. The molecule has 4 rings (SSSR count). The van der Waals surface area contributed by atoms with Crippen molar-refractivity contribution in [3.05, 3.63) is 94.8 Å². The number of fused-ring (bicyclic) bond motifs is 1. The number of nitrogens with zero attached hydrogens (tertiary/aromatic N) is 1. The van der Waals surface area contributed by atoms with Gasteiger partial charge in [-0.3, -0.25) is 4.79 Å². The fourth-order valence-corrected chi connectivity index (χ4v) is 4.58. The quantitative estimate of drug-likeness (QED) is 0.509. The molecule has 7 heteroatoms. The molecule has 33 heavy (non-hydrogen) atoms. The Kier molecular flexibility index (Phi) is 6.31. The Balaban J connectivity index is 1.67. The number of carbonyl (C=O) groups is 1. The van der Waals surface area contributed by atoms with Gasteiger partial charge in [0.05, 0.1) is 11.6 Å². The van der Waals surface area contributed by atoms with Crippen molar-refractivity contribution < 1.29 is 18.0 Å². The van der Waals surface area contributed by atoms with Gasteiger partial charge in [0.15, 0.2) is 11.6 Å². The molecule has 3 aromatic carbocycles. The number of rotatable bonds is 6. The van der Waals surface area contributed by atoms with E-state index in [4.69, 9.17) is 5.73 Å². The zero-order valence-electron chi connectivity index (χ0n) is 18.5. The van der Waals surface area contributed by atoms with E-state index in [1.807, 2.05) is 44.2 Å². The number of hydrogen-bond acceptors (Lipinski definition) is 3. The van der Waals surface area contributed by atoms with E-state index >= 15 is 0 Å². The Morgan fingerprint density at radius 3 is 2.36 bits per heavy atom. The van der Waals surface area contributed by atoms with Crippen LogP contribution in [0, 0.1) is 23.4 Å². The highest BCUT2D eigenvalue weighted by atomic mass is 19.2. The van der Waals surface area contributed by atoms with Gasteiger partial charge in [-0.1, -0.05) is 50.2 Å². The van der Waals surface area contributed by atoms with Gasteiger partial charge >= 0.3 is 0 Å². The molecule has 172 valence electrons. The molecule has 2 atom stereocenters. The first-order chi connectivity index (χ1) is 15.8. The predicted octanol–water partition coefficient (Wildman–Crippen LogP) is 5.13. The fourth-order valence-electron chi connectivity index (χ4n) is 4.58. The van der Waals surface area contributed by atoms with E-state index in [2.05, 4.69) is 10.2 Å². The SMILES string of the molecule is CC(C)C1C(C(=O)NCc2ccc(F)c(F)c2)c2cc(F)c(N)cc2N1Cc1ccccc1. The lowest BCUT2D eigenvalue weighted by molar-refractivity contribution is -0.123. The smallest absolute Gasteiger partial charge is 0.229 e. The van der Waals surface area contributed by atoms with Crippen molar-refractivity contribution in [2.24, 2.45) is 5.92 Å². The molecule has 0 bridgehead atoms. The van der Waals surface area contributed by atoms with Crippen molar-refractivity contribution >= 4 is 17.3 Å². The topological polar surface area (TPSA) is 58.4 Å². The van der Waals surface area contributed by atoms with E-state index in [1.165, 1.54) is 12.1 Å². The van der Waals surface area contributed by atoms with Gasteiger partial charge in [-0.05, 0) is 46.9 Å². The van der Waals surface area contributed by atoms with Crippen LogP contribution >= 0.6 is 0 Å². The van der Waals surface area contributed by atoms with Crippen molar-refractivity contribution in [1.29, 1.82) is 0 Å². The van der Waals surface area contributed by atoms with E-state index < -0.39 is 23.4 Å². The molecule has 1 aliphatic heterocycles. The molecule has 0 saturated carbocycles. The van der Waals surface area contributed by atoms with Crippen LogP contribution in [0.15, 0.2) is 60.7 Å². The monoisotopic (exact) mass is 453 g/mol. The summed E-state index contributed by atoms with van der Waals surface area (Å²) in [7, 11) is 0. The molecule has 0 aliphatic carbocycles. The molecular weight excluding hydrogens is 427 g/mol. The van der Waals surface area contributed by atoms with Crippen LogP contribution in [0.25, 0.3) is 0 Å². The summed E-state index contributed by atoms with van der Waals surface area (Å²) in [5, 5.41) is 2.82. The molecule has 1 aliphatic rings. The maximum Gasteiger partial charge on any atom is 0.229 e. The fraction of sp³-hybridized carbons (Fsp3) is 0.269. The Hall–Kier alpha value is -3.48. The summed E-state index contributed by atoms with van der Waals surface area (Å²) in [4.78, 5) is 15.5. The van der Waals surface area contributed by atoms with Gasteiger partial charge in [-0.25, -0.2) is 13.2 Å². The molecule has 0 spiro atoms. The van der Waals surface area contributed by atoms with Crippen molar-refractivity contribution in [1.82, 2.24) is 5.32 Å². The molecule has 3 aromatic rings. The second-order valence-electron chi connectivity index (χ2n) is 8.72. The lowest BCUT2D eigenvalue weighted by Crippen LogP contribution is -2.43. The predicted molar refractivity (Wildman–Crippen MR) is 123 cm³/mol. The first kappa shape index (κ1) is 22.7. The van der Waals surface area contributed by atoms with Crippen LogP contribution in [0.1, 0.15) is 36.5 Å². The number of benzene rings is 3. The lowest BCUT2D eigenvalue weighted by atomic mass is 9.87. The molecular formula is C26H26F3N3O. The van der Waals surface area contributed by atoms with Crippen LogP contribution in [-0.4, -0.2) is 11.9 Å². The minimum atomic E-state index is -0.973. The average molecular weight is 454 g/mol. The van der Waals surface area contributed by atoms with Crippen LogP contribution < -0.4 is 16.0 Å². The number of nitrogen functional groups attached to an aromatic ring is 1. The molecule has 1 amide bonds. The summed E-state index contributed by atoms with van der Waals surface area (Å²) in [6.07, 6.45) is 0. The van der Waals surface area contributed by atoms with E-state index in [0.29, 0.717) is 17.7 Å². The van der Waals surface area contributed by atoms with Crippen LogP contribution in [0.5, 0.6) is 0 Å². The highest BCUT2D eigenvalue weighted by molar-refractivity contribution is 5.90. The average Bonchev–Trinajstić information content (AvgIpc) is 3.08. The highest BCUT2D eigenvalue weighted by Crippen LogP contribution is 2.46. The van der Waals surface area contributed by atoms with Crippen molar-refractivity contribution in [3.8, 4) is 0 Å². The van der Waals surface area contributed by atoms with Crippen LogP contribution in [0.2, 0.25) is 0 Å². The number of nitrogens with one attached hydrogen (secondary N) is 1. The number of nitrogens with two attached hydrogens (primary N) is 1. The van der Waals surface area contributed by atoms with Crippen LogP contribution in [-0.2, 0) is 17.9 Å². The van der Waals surface area contributed by atoms with Gasteiger partial charge in [0.25, 0.3) is 0 Å². The van der Waals surface area contributed by atoms with Gasteiger partial charge in [0.1, 0.15) is 5.82 Å². The zero-order valence-corrected chi connectivity index (χ0v) is 18.5. The molecule has 0 saturated heterocycles. The van der Waals surface area contributed by atoms with Crippen molar-refractivity contribution in [2.75, 3.05) is 10.6 Å². The summed E-state index contributed by atoms with van der Waals surface area (Å²) < 4.78 is 41.3. The lowest BCUT2D eigenvalue weighted by Gasteiger charge is -2.33. The third kappa shape index (κ3) is 4.53. The number of amides is 1. The molecule has 4 nitrogen and oxygen atoms in total. The van der Waals surface area contributed by atoms with Crippen LogP contribution in [0.3, 0.4) is 0 Å². The van der Waals surface area contributed by atoms with E-state index in [9.17, 15) is 18.0 Å². The molecule has 0 radical (unpaired) electrons. The summed E-state index contributed by atoms with van der Waals surface area (Å²) in [6.45, 7) is 4.60. The normalized spacial score (nSPS) is 17.3. The zero-order chi connectivity index (χ0) is 23.7. The summed E-state index contributed by atoms with van der Waals surface area (Å²) in [5.41, 5.74) is 8.70. The summed E-state index contributed by atoms with van der Waals surface area (Å²) in [5.74, 6) is -3.39. The Labute approximate surface area is 191 Å². The standard InChI is InChI=1S/C26H26F3N3O/c1-15(2)25-24(26(33)31-13-17-8-9-19(27)20(28)10-17)18-11-21(29)22(30)12-23(18)32(25)14-16-6-4-3-5-7-16/h3-12,15,24-25H,13-14,30H2,1-2H3,(H,31,33). The van der Waals surface area contributed by atoms with Gasteiger partial charge < -0.3 is 16.0 Å². The van der Waals surface area contributed by atoms with Gasteiger partial charge in [-0.2, -0.15) is 0 Å². The van der Waals surface area contributed by atoms with Crippen LogP contribution in [0.4, 0.5) is 24.5 Å². The second-order valence-corrected chi connectivity index (χ2v) is 8.72. The van der Waals surface area contributed by atoms with Gasteiger partial charge in [0, 0.05) is 24.8 Å². The third-order valence-electron chi connectivity index (χ3n) is 6.10. The molecule has 2 unspecified atom stereocenters. The maximum absolute atomic E-state index is 14.5. The highest BCUT2D eigenvalue weighted by Gasteiger charge is 2.44. The van der Waals surface area contributed by atoms with Gasteiger partial charge in [0.2, 0.25) is 5.91 Å². The molecule has 0 aromatic heterocycles. The summed E-state index contributed by atoms with van der Waals surface area (Å²) >= 11 is 0. The number of anilines is 2. The minimum Gasteiger partial charge on any atom is -0.396 e. The third-order valence-corrected chi connectivity index (χ3v) is 6.10. The number of halogens is 3. The summed E-state index contributed by atoms with van der Waals surface area (Å²) in [6, 6.07) is 16.0. The number of hydrogen-bond donors (Lipinski definition) is 2. The van der Waals surface area contributed by atoms with Crippen molar-refractivity contribution in [2.45, 2.75) is 38.9 Å². The van der Waals surface area contributed by atoms with E-state index in [-0.39, 0.29) is 30.1 Å². The van der Waals surface area contributed by atoms with Crippen molar-refractivity contribution in [3.63, 3.8) is 0 Å². The minimum absolute atomic E-state index is 0.0252. The molecule has 1 heterocycles. The van der Waals surface area contributed by atoms with Gasteiger partial charge in [-0.15, -0.1) is 0 Å². The largest absolute Gasteiger partial charge is 0.396 e. The molecule has 0 fully saturated rings. The number of carbonyl (C=O) groups excluding carboxylic acids is 1. The Morgan fingerprint density at radius 1 is 0.970 bits per heavy atom. The van der Waals surface area contributed by atoms with E-state index in [1.54, 1.807) is 6.07 Å². The Bertz CT molecular complexity index is 1170. The first-order valence-electron chi connectivity index (χ1n) is 10.9. The molecule has 3 N–H and O–H groups in total. The Morgan fingerprint density at radius 2 is 1.70 bits per heavy atom. The van der Waals surface area contributed by atoms with E-state index in [0.717, 1.165) is 23.4 Å².